The molecular formula is C20H28O4. The third-order valence-corrected chi connectivity index (χ3v) is 4.60. The molecular weight excluding hydrogens is 304 g/mol. The fourth-order valence-corrected chi connectivity index (χ4v) is 3.35. The molecule has 0 radical (unpaired) electrons. The van der Waals surface area contributed by atoms with Gasteiger partial charge in [-0.3, -0.25) is 0 Å². The van der Waals surface area contributed by atoms with Gasteiger partial charge in [0.05, 0.1) is 17.6 Å². The Morgan fingerprint density at radius 3 is 2.71 bits per heavy atom. The van der Waals surface area contributed by atoms with Crippen LogP contribution in [0.3, 0.4) is 0 Å². The molecule has 1 aliphatic carbocycles. The Kier molecular flexibility index (Phi) is 5.70. The molecule has 0 amide bonds. The first-order valence-electron chi connectivity index (χ1n) is 8.65. The van der Waals surface area contributed by atoms with E-state index in [1.165, 1.54) is 5.57 Å². The Bertz CT molecular complexity index is 620. The van der Waals surface area contributed by atoms with Crippen molar-refractivity contribution in [3.8, 4) is 0 Å². The topological polar surface area (TPSA) is 66.8 Å². The van der Waals surface area contributed by atoms with Crippen molar-refractivity contribution in [2.24, 2.45) is 5.92 Å². The molecule has 2 rings (SSSR count). The molecule has 24 heavy (non-hydrogen) atoms. The molecule has 2 N–H and O–H groups in total. The van der Waals surface area contributed by atoms with E-state index in [2.05, 4.69) is 19.9 Å². The van der Waals surface area contributed by atoms with Crippen LogP contribution in [0.2, 0.25) is 0 Å². The Morgan fingerprint density at radius 2 is 2.12 bits per heavy atom. The van der Waals surface area contributed by atoms with Crippen LogP contribution < -0.4 is 0 Å². The standard InChI is InChI=1S/C20H28O4/c1-5-7-14-12-16-15(18(21)17(14)19(22)23)9-11-20(4,24-16)10-6-8-13(2)3/h8-9,11-12,15-16,21H,5-7,10H2,1-4H3,(H,22,23)/t15-,16?,20?/m1/s1. The molecule has 0 aromatic heterocycles. The van der Waals surface area contributed by atoms with E-state index in [-0.39, 0.29) is 17.4 Å². The Balaban J connectivity index is 2.27. The smallest absolute Gasteiger partial charge is 0.339 e. The fraction of sp³-hybridized carbons (Fsp3) is 0.550. The van der Waals surface area contributed by atoms with Gasteiger partial charge in [-0.15, -0.1) is 0 Å². The molecule has 4 nitrogen and oxygen atoms in total. The van der Waals surface area contributed by atoms with Crippen LogP contribution in [0.4, 0.5) is 0 Å². The molecule has 0 aromatic rings. The predicted octanol–water partition coefficient (Wildman–Crippen LogP) is 4.70. The first kappa shape index (κ1) is 18.5. The molecule has 0 bridgehead atoms. The normalized spacial score (nSPS) is 29.1. The number of hydrogen-bond donors (Lipinski definition) is 2. The quantitative estimate of drug-likeness (QED) is 0.692. The first-order chi connectivity index (χ1) is 11.3. The number of aliphatic hydroxyl groups excluding tert-OH is 1. The van der Waals surface area contributed by atoms with Crippen molar-refractivity contribution in [3.05, 3.63) is 46.8 Å². The van der Waals surface area contributed by atoms with Crippen LogP contribution >= 0.6 is 0 Å². The number of allylic oxidation sites excluding steroid dienone is 2. The highest BCUT2D eigenvalue weighted by atomic mass is 16.5. The van der Waals surface area contributed by atoms with Gasteiger partial charge in [0.15, 0.2) is 0 Å². The summed E-state index contributed by atoms with van der Waals surface area (Å²) in [6.45, 7) is 8.19. The zero-order chi connectivity index (χ0) is 17.9. The molecule has 0 spiro atoms. The average molecular weight is 332 g/mol. The van der Waals surface area contributed by atoms with Crippen LogP contribution in [0, 0.1) is 5.92 Å². The number of ether oxygens (including phenoxy) is 1. The third-order valence-electron chi connectivity index (χ3n) is 4.60. The van der Waals surface area contributed by atoms with E-state index in [9.17, 15) is 15.0 Å². The molecule has 4 heteroatoms. The van der Waals surface area contributed by atoms with Gasteiger partial charge in [-0.1, -0.05) is 43.2 Å². The SMILES string of the molecule is CCCC1=CC2OC(C)(CCC=C(C)C)C=C[C@H]2C(O)=C1C(=O)O. The Labute approximate surface area is 144 Å². The number of aliphatic hydroxyl groups is 1. The lowest BCUT2D eigenvalue weighted by atomic mass is 9.81. The van der Waals surface area contributed by atoms with Crippen molar-refractivity contribution < 1.29 is 19.7 Å². The lowest BCUT2D eigenvalue weighted by Gasteiger charge is -2.40. The van der Waals surface area contributed by atoms with Gasteiger partial charge >= 0.3 is 5.97 Å². The molecule has 1 heterocycles. The minimum Gasteiger partial charge on any atom is -0.511 e. The summed E-state index contributed by atoms with van der Waals surface area (Å²) in [6, 6.07) is 0. The van der Waals surface area contributed by atoms with Gasteiger partial charge in [0.25, 0.3) is 0 Å². The molecule has 0 aromatic carbocycles. The van der Waals surface area contributed by atoms with Crippen molar-refractivity contribution in [1.82, 2.24) is 0 Å². The zero-order valence-corrected chi connectivity index (χ0v) is 15.0. The first-order valence-corrected chi connectivity index (χ1v) is 8.65. The lowest BCUT2D eigenvalue weighted by Crippen LogP contribution is -2.41. The molecule has 0 saturated heterocycles. The van der Waals surface area contributed by atoms with E-state index >= 15 is 0 Å². The summed E-state index contributed by atoms with van der Waals surface area (Å²) < 4.78 is 6.26. The molecule has 1 aliphatic heterocycles. The second kappa shape index (κ2) is 7.39. The van der Waals surface area contributed by atoms with Crippen LogP contribution in [0.5, 0.6) is 0 Å². The molecule has 0 fully saturated rings. The second-order valence-electron chi connectivity index (χ2n) is 7.11. The zero-order valence-electron chi connectivity index (χ0n) is 15.0. The van der Waals surface area contributed by atoms with E-state index in [4.69, 9.17) is 4.74 Å². The minimum atomic E-state index is -1.07. The second-order valence-corrected chi connectivity index (χ2v) is 7.11. The van der Waals surface area contributed by atoms with E-state index < -0.39 is 17.5 Å². The van der Waals surface area contributed by atoms with Crippen molar-refractivity contribution in [2.45, 2.75) is 65.1 Å². The van der Waals surface area contributed by atoms with Crippen LogP contribution in [-0.4, -0.2) is 27.9 Å². The van der Waals surface area contributed by atoms with E-state index in [0.29, 0.717) is 12.0 Å². The largest absolute Gasteiger partial charge is 0.511 e. The van der Waals surface area contributed by atoms with Gasteiger partial charge < -0.3 is 14.9 Å². The highest BCUT2D eigenvalue weighted by Gasteiger charge is 2.40. The van der Waals surface area contributed by atoms with Crippen molar-refractivity contribution in [1.29, 1.82) is 0 Å². The van der Waals surface area contributed by atoms with Crippen molar-refractivity contribution in [3.63, 3.8) is 0 Å². The summed E-state index contributed by atoms with van der Waals surface area (Å²) >= 11 is 0. The summed E-state index contributed by atoms with van der Waals surface area (Å²) in [4.78, 5) is 11.5. The highest BCUT2D eigenvalue weighted by Crippen LogP contribution is 2.40. The lowest BCUT2D eigenvalue weighted by molar-refractivity contribution is -0.132. The number of aliphatic carboxylic acids is 1. The summed E-state index contributed by atoms with van der Waals surface area (Å²) in [7, 11) is 0. The van der Waals surface area contributed by atoms with E-state index in [0.717, 1.165) is 19.3 Å². The van der Waals surface area contributed by atoms with Crippen LogP contribution in [0.25, 0.3) is 0 Å². The van der Waals surface area contributed by atoms with Gasteiger partial charge in [-0.2, -0.15) is 0 Å². The van der Waals surface area contributed by atoms with Gasteiger partial charge in [0.1, 0.15) is 11.3 Å². The maximum Gasteiger partial charge on any atom is 0.339 e. The van der Waals surface area contributed by atoms with Gasteiger partial charge in [-0.05, 0) is 45.6 Å². The number of rotatable bonds is 6. The maximum atomic E-state index is 11.5. The summed E-state index contributed by atoms with van der Waals surface area (Å²) in [5.74, 6) is -1.56. The Morgan fingerprint density at radius 1 is 1.42 bits per heavy atom. The number of carboxylic acid groups (broad SMARTS) is 1. The third kappa shape index (κ3) is 3.99. The summed E-state index contributed by atoms with van der Waals surface area (Å²) in [5.41, 5.74) is 1.60. The van der Waals surface area contributed by atoms with Crippen LogP contribution in [-0.2, 0) is 9.53 Å². The predicted molar refractivity (Wildman–Crippen MR) is 94.9 cm³/mol. The summed E-state index contributed by atoms with van der Waals surface area (Å²) in [5, 5.41) is 19.9. The molecule has 0 saturated carbocycles. The number of fused-ring (bicyclic) bond motifs is 1. The van der Waals surface area contributed by atoms with Crippen LogP contribution in [0.1, 0.15) is 53.4 Å². The fourth-order valence-electron chi connectivity index (χ4n) is 3.35. The number of carboxylic acids is 1. The molecule has 3 atom stereocenters. The Hall–Kier alpha value is -1.81. The minimum absolute atomic E-state index is 0.0412. The number of hydrogen-bond acceptors (Lipinski definition) is 3. The molecule has 132 valence electrons. The monoisotopic (exact) mass is 332 g/mol. The average Bonchev–Trinajstić information content (AvgIpc) is 2.46. The summed E-state index contributed by atoms with van der Waals surface area (Å²) in [6.07, 6.45) is 10.8. The van der Waals surface area contributed by atoms with E-state index in [1.54, 1.807) is 0 Å². The van der Waals surface area contributed by atoms with Gasteiger partial charge in [0, 0.05) is 0 Å². The van der Waals surface area contributed by atoms with E-state index in [1.807, 2.05) is 32.1 Å². The maximum absolute atomic E-state index is 11.5. The van der Waals surface area contributed by atoms with Crippen molar-refractivity contribution in [2.75, 3.05) is 0 Å². The van der Waals surface area contributed by atoms with Crippen LogP contribution in [0.15, 0.2) is 46.8 Å². The number of carbonyl (C=O) groups is 1. The van der Waals surface area contributed by atoms with Gasteiger partial charge in [0.2, 0.25) is 0 Å². The molecule has 2 unspecified atom stereocenters. The van der Waals surface area contributed by atoms with Gasteiger partial charge in [-0.25, -0.2) is 4.79 Å². The van der Waals surface area contributed by atoms with Crippen molar-refractivity contribution >= 4 is 5.97 Å². The molecule has 2 aliphatic rings. The highest BCUT2D eigenvalue weighted by molar-refractivity contribution is 5.93.